The number of H-pyrrole nitrogens is 2. The van der Waals surface area contributed by atoms with Crippen LogP contribution in [-0.4, -0.2) is 30.9 Å². The molecule has 0 amide bonds. The number of Topliss-reactive ketones (excluding diaryl/α,β-unsaturated/α-hetero) is 1. The topological polar surface area (TPSA) is 87.3 Å². The first-order chi connectivity index (χ1) is 15.7. The van der Waals surface area contributed by atoms with Crippen LogP contribution in [0.5, 0.6) is 0 Å². The predicted octanol–water partition coefficient (Wildman–Crippen LogP) is 6.10. The lowest BCUT2D eigenvalue weighted by Gasteiger charge is -2.01. The normalized spacial score (nSPS) is 11.4. The van der Waals surface area contributed by atoms with Gasteiger partial charge < -0.3 is 4.98 Å². The number of hydrogen-bond acceptors (Lipinski definition) is 5. The summed E-state index contributed by atoms with van der Waals surface area (Å²) in [5.41, 5.74) is 6.56. The first kappa shape index (κ1) is 18.7. The zero-order chi connectivity index (χ0) is 21.7. The van der Waals surface area contributed by atoms with E-state index in [2.05, 4.69) is 49.4 Å². The number of aromatic amines is 2. The van der Waals surface area contributed by atoms with Crippen molar-refractivity contribution < 1.29 is 4.79 Å². The maximum absolute atomic E-state index is 11.8. The second-order valence-corrected chi connectivity index (χ2v) is 8.69. The summed E-state index contributed by atoms with van der Waals surface area (Å²) in [5.74, 6) is 0.0862. The Bertz CT molecular complexity index is 1610. The second-order valence-electron chi connectivity index (χ2n) is 7.60. The van der Waals surface area contributed by atoms with Crippen LogP contribution in [0.1, 0.15) is 16.6 Å². The van der Waals surface area contributed by atoms with Crippen molar-refractivity contribution in [2.45, 2.75) is 6.92 Å². The third kappa shape index (κ3) is 3.02. The number of carbonyl (C=O) groups excluding carboxylic acids is 1. The fourth-order valence-electron chi connectivity index (χ4n) is 3.97. The van der Waals surface area contributed by atoms with E-state index in [1.807, 2.05) is 42.7 Å². The average molecular weight is 436 g/mol. The number of ketones is 1. The van der Waals surface area contributed by atoms with E-state index in [1.54, 1.807) is 13.1 Å². The third-order valence-corrected chi connectivity index (χ3v) is 6.77. The molecule has 5 aromatic heterocycles. The largest absolute Gasteiger partial charge is 0.353 e. The molecule has 0 aliphatic heterocycles. The van der Waals surface area contributed by atoms with Gasteiger partial charge in [-0.1, -0.05) is 18.2 Å². The van der Waals surface area contributed by atoms with E-state index < -0.39 is 0 Å². The molecular formula is C25H17N5OS. The Morgan fingerprint density at radius 1 is 0.969 bits per heavy atom. The summed E-state index contributed by atoms with van der Waals surface area (Å²) in [7, 11) is 0. The van der Waals surface area contributed by atoms with Gasteiger partial charge in [0.25, 0.3) is 0 Å². The molecule has 0 atom stereocenters. The number of benzene rings is 1. The van der Waals surface area contributed by atoms with Crippen molar-refractivity contribution in [3.05, 3.63) is 78.1 Å². The monoisotopic (exact) mass is 435 g/mol. The molecule has 32 heavy (non-hydrogen) atoms. The zero-order valence-corrected chi connectivity index (χ0v) is 17.9. The van der Waals surface area contributed by atoms with Gasteiger partial charge in [-0.2, -0.15) is 5.10 Å². The molecule has 0 aliphatic carbocycles. The summed E-state index contributed by atoms with van der Waals surface area (Å²) in [6, 6.07) is 18.2. The Balaban J connectivity index is 1.49. The molecule has 7 heteroatoms. The van der Waals surface area contributed by atoms with Crippen molar-refractivity contribution in [3.63, 3.8) is 0 Å². The summed E-state index contributed by atoms with van der Waals surface area (Å²) in [4.78, 5) is 25.9. The summed E-state index contributed by atoms with van der Waals surface area (Å²) in [6.45, 7) is 1.60. The van der Waals surface area contributed by atoms with Crippen LogP contribution in [0.25, 0.3) is 54.9 Å². The standard InChI is InChI=1S/C25H17N5OS/c1-14(31)22-7-8-23(32-22)17-5-2-6-20-18(17)11-21(28-20)24-19-10-16(13-27-25(19)30-29-24)15-4-3-9-26-12-15/h2-13,28H,1H3,(H,27,29,30). The van der Waals surface area contributed by atoms with Crippen LogP contribution in [0, 0.1) is 0 Å². The molecule has 0 radical (unpaired) electrons. The van der Waals surface area contributed by atoms with E-state index >= 15 is 0 Å². The number of pyridine rings is 2. The molecule has 6 rings (SSSR count). The lowest BCUT2D eigenvalue weighted by molar-refractivity contribution is 0.102. The Hall–Kier alpha value is -4.10. The number of nitrogens with zero attached hydrogens (tertiary/aromatic N) is 3. The average Bonchev–Trinajstić information content (AvgIpc) is 3.56. The molecule has 0 unspecified atom stereocenters. The van der Waals surface area contributed by atoms with Crippen LogP contribution >= 0.6 is 11.3 Å². The summed E-state index contributed by atoms with van der Waals surface area (Å²) >= 11 is 1.52. The van der Waals surface area contributed by atoms with Crippen LogP contribution in [0.4, 0.5) is 0 Å². The van der Waals surface area contributed by atoms with E-state index in [9.17, 15) is 4.79 Å². The predicted molar refractivity (Wildman–Crippen MR) is 128 cm³/mol. The van der Waals surface area contributed by atoms with Crippen LogP contribution in [0.3, 0.4) is 0 Å². The molecule has 1 aromatic carbocycles. The Kier molecular flexibility index (Phi) is 4.22. The number of aromatic nitrogens is 5. The minimum atomic E-state index is 0.0862. The second kappa shape index (κ2) is 7.25. The van der Waals surface area contributed by atoms with E-state index in [4.69, 9.17) is 0 Å². The molecule has 0 bridgehead atoms. The van der Waals surface area contributed by atoms with Crippen molar-refractivity contribution in [1.29, 1.82) is 0 Å². The molecule has 6 aromatic rings. The minimum Gasteiger partial charge on any atom is -0.353 e. The van der Waals surface area contributed by atoms with E-state index in [0.717, 1.165) is 59.8 Å². The highest BCUT2D eigenvalue weighted by atomic mass is 32.1. The van der Waals surface area contributed by atoms with Crippen molar-refractivity contribution in [2.24, 2.45) is 0 Å². The van der Waals surface area contributed by atoms with Gasteiger partial charge in [0.2, 0.25) is 0 Å². The van der Waals surface area contributed by atoms with Crippen molar-refractivity contribution >= 4 is 39.1 Å². The zero-order valence-electron chi connectivity index (χ0n) is 17.1. The highest BCUT2D eigenvalue weighted by molar-refractivity contribution is 7.17. The Morgan fingerprint density at radius 3 is 2.72 bits per heavy atom. The van der Waals surface area contributed by atoms with Crippen LogP contribution in [-0.2, 0) is 0 Å². The first-order valence-corrected chi connectivity index (χ1v) is 11.0. The highest BCUT2D eigenvalue weighted by Gasteiger charge is 2.16. The smallest absolute Gasteiger partial charge is 0.169 e. The molecule has 6 nitrogen and oxygen atoms in total. The molecule has 5 heterocycles. The van der Waals surface area contributed by atoms with Gasteiger partial charge in [-0.05, 0) is 43.3 Å². The molecular weight excluding hydrogens is 418 g/mol. The molecule has 154 valence electrons. The van der Waals surface area contributed by atoms with Gasteiger partial charge in [-0.3, -0.25) is 14.9 Å². The van der Waals surface area contributed by atoms with Gasteiger partial charge in [0.05, 0.1) is 10.6 Å². The summed E-state index contributed by atoms with van der Waals surface area (Å²) in [6.07, 6.45) is 5.41. The Morgan fingerprint density at radius 2 is 1.91 bits per heavy atom. The molecule has 2 N–H and O–H groups in total. The van der Waals surface area contributed by atoms with Gasteiger partial charge in [-0.25, -0.2) is 4.98 Å². The van der Waals surface area contributed by atoms with Gasteiger partial charge in [0.1, 0.15) is 5.69 Å². The number of carbonyl (C=O) groups is 1. The van der Waals surface area contributed by atoms with Crippen molar-refractivity contribution in [1.82, 2.24) is 25.1 Å². The van der Waals surface area contributed by atoms with Gasteiger partial charge in [0, 0.05) is 56.4 Å². The molecule has 0 fully saturated rings. The van der Waals surface area contributed by atoms with Crippen molar-refractivity contribution in [2.75, 3.05) is 0 Å². The number of rotatable bonds is 4. The maximum Gasteiger partial charge on any atom is 0.169 e. The van der Waals surface area contributed by atoms with Crippen LogP contribution < -0.4 is 0 Å². The highest BCUT2D eigenvalue weighted by Crippen LogP contribution is 2.37. The summed E-state index contributed by atoms with van der Waals surface area (Å²) in [5, 5.41) is 9.62. The number of thiophene rings is 1. The quantitative estimate of drug-likeness (QED) is 0.328. The van der Waals surface area contributed by atoms with E-state index in [1.165, 1.54) is 11.3 Å². The fraction of sp³-hybridized carbons (Fsp3) is 0.0400. The lowest BCUT2D eigenvalue weighted by Crippen LogP contribution is -1.83. The molecule has 0 aliphatic rings. The Labute approximate surface area is 187 Å². The minimum absolute atomic E-state index is 0.0862. The van der Waals surface area contributed by atoms with Crippen LogP contribution in [0.2, 0.25) is 0 Å². The van der Waals surface area contributed by atoms with Gasteiger partial charge in [-0.15, -0.1) is 11.3 Å². The third-order valence-electron chi connectivity index (χ3n) is 5.55. The van der Waals surface area contributed by atoms with Gasteiger partial charge in [0.15, 0.2) is 11.4 Å². The number of nitrogens with one attached hydrogen (secondary N) is 2. The fourth-order valence-corrected chi connectivity index (χ4v) is 4.91. The number of hydrogen-bond donors (Lipinski definition) is 2. The molecule has 0 saturated carbocycles. The van der Waals surface area contributed by atoms with Crippen molar-refractivity contribution in [3.8, 4) is 33.0 Å². The van der Waals surface area contributed by atoms with E-state index in [-0.39, 0.29) is 5.78 Å². The molecule has 0 spiro atoms. The van der Waals surface area contributed by atoms with Gasteiger partial charge >= 0.3 is 0 Å². The van der Waals surface area contributed by atoms with Crippen LogP contribution in [0.15, 0.2) is 73.2 Å². The number of fused-ring (bicyclic) bond motifs is 2. The first-order valence-electron chi connectivity index (χ1n) is 10.1. The maximum atomic E-state index is 11.8. The molecule has 0 saturated heterocycles. The van der Waals surface area contributed by atoms with E-state index in [0.29, 0.717) is 0 Å². The lowest BCUT2D eigenvalue weighted by atomic mass is 10.1. The summed E-state index contributed by atoms with van der Waals surface area (Å²) < 4.78 is 0. The SMILES string of the molecule is CC(=O)c1ccc(-c2cccc3[nH]c(-c4n[nH]c5ncc(-c6cccnc6)cc45)cc23)s1.